The Morgan fingerprint density at radius 3 is 2.18 bits per heavy atom. The number of hydrogen-bond acceptors (Lipinski definition) is 6. The summed E-state index contributed by atoms with van der Waals surface area (Å²) in [5, 5.41) is 6.99. The van der Waals surface area contributed by atoms with Crippen LogP contribution in [0, 0.1) is 0 Å². The summed E-state index contributed by atoms with van der Waals surface area (Å²) in [4.78, 5) is 2.26. The van der Waals surface area contributed by atoms with Gasteiger partial charge in [-0.1, -0.05) is 30.3 Å². The summed E-state index contributed by atoms with van der Waals surface area (Å²) in [6.07, 6.45) is -2.84. The second-order valence-electron chi connectivity index (χ2n) is 8.32. The molecule has 3 aromatic rings. The summed E-state index contributed by atoms with van der Waals surface area (Å²) in [5.41, 5.74) is 1.77. The molecule has 0 N–H and O–H groups in total. The van der Waals surface area contributed by atoms with E-state index in [1.165, 1.54) is 8.61 Å². The number of piperazine rings is 1. The molecule has 1 aliphatic rings. The molecule has 0 unspecified atom stereocenters. The van der Waals surface area contributed by atoms with Gasteiger partial charge < -0.3 is 4.42 Å². The largest absolute Gasteiger partial charge is 0.415 e. The first-order valence-corrected chi connectivity index (χ1v) is 12.4. The van der Waals surface area contributed by atoms with Crippen molar-refractivity contribution in [1.29, 1.82) is 0 Å². The molecule has 2 aromatic carbocycles. The normalized spacial score (nSPS) is 15.8. The lowest BCUT2D eigenvalue weighted by Crippen LogP contribution is -2.54. The van der Waals surface area contributed by atoms with Crippen molar-refractivity contribution >= 4 is 15.9 Å². The van der Waals surface area contributed by atoms with Crippen LogP contribution in [-0.2, 0) is 16.8 Å². The third-order valence-electron chi connectivity index (χ3n) is 5.81. The van der Waals surface area contributed by atoms with Crippen LogP contribution >= 0.6 is 0 Å². The summed E-state index contributed by atoms with van der Waals surface area (Å²) < 4.78 is 60.7. The number of para-hydroxylation sites is 1. The lowest BCUT2D eigenvalue weighted by atomic mass is 10.1. The summed E-state index contributed by atoms with van der Waals surface area (Å²) >= 11 is 0. The molecule has 0 radical (unpaired) electrons. The molecule has 11 heteroatoms. The third kappa shape index (κ3) is 5.26. The van der Waals surface area contributed by atoms with Gasteiger partial charge in [-0.25, -0.2) is 0 Å². The lowest BCUT2D eigenvalue weighted by molar-refractivity contribution is 0.116. The van der Waals surface area contributed by atoms with Gasteiger partial charge in [0.05, 0.1) is 12.2 Å². The molecule has 1 saturated heterocycles. The van der Waals surface area contributed by atoms with E-state index in [-0.39, 0.29) is 12.4 Å². The molecule has 1 fully saturated rings. The highest BCUT2D eigenvalue weighted by molar-refractivity contribution is 7.90. The number of hydrogen-bond donors (Lipinski definition) is 0. The Kier molecular flexibility index (Phi) is 7.24. The third-order valence-corrected chi connectivity index (χ3v) is 7.72. The molecule has 0 spiro atoms. The number of nitrogens with zero attached hydrogens (tertiary/aromatic N) is 5. The molecule has 1 aromatic heterocycles. The quantitative estimate of drug-likeness (QED) is 0.475. The molecule has 1 aliphatic heterocycles. The van der Waals surface area contributed by atoms with Crippen molar-refractivity contribution in [3.05, 3.63) is 66.1 Å². The molecule has 0 atom stereocenters. The Bertz CT molecular complexity index is 1180. The molecule has 34 heavy (non-hydrogen) atoms. The topological polar surface area (TPSA) is 82.8 Å². The Hall–Kier alpha value is -2.89. The molecular weight excluding hydrogens is 464 g/mol. The molecule has 2 heterocycles. The van der Waals surface area contributed by atoms with Gasteiger partial charge in [-0.15, -0.1) is 10.2 Å². The number of alkyl halides is 2. The van der Waals surface area contributed by atoms with E-state index in [9.17, 15) is 17.2 Å². The molecule has 0 amide bonds. The fraction of sp³-hybridized carbons (Fsp3) is 0.391. The van der Waals surface area contributed by atoms with Crippen LogP contribution in [0.1, 0.15) is 31.7 Å². The minimum absolute atomic E-state index is 0.0163. The zero-order chi connectivity index (χ0) is 24.3. The van der Waals surface area contributed by atoms with Gasteiger partial charge >= 0.3 is 16.6 Å². The van der Waals surface area contributed by atoms with Gasteiger partial charge in [-0.3, -0.25) is 9.21 Å². The van der Waals surface area contributed by atoms with Gasteiger partial charge in [-0.05, 0) is 43.7 Å². The van der Waals surface area contributed by atoms with Crippen LogP contribution < -0.4 is 4.31 Å². The summed E-state index contributed by atoms with van der Waals surface area (Å²) in [5.74, 6) is -0.754. The van der Waals surface area contributed by atoms with Crippen molar-refractivity contribution in [3.8, 4) is 11.5 Å². The highest BCUT2D eigenvalue weighted by Crippen LogP contribution is 2.27. The lowest BCUT2D eigenvalue weighted by Gasteiger charge is -2.38. The van der Waals surface area contributed by atoms with Crippen LogP contribution in [0.3, 0.4) is 0 Å². The maximum Gasteiger partial charge on any atom is 0.314 e. The number of halogens is 2. The average molecular weight is 492 g/mol. The smallest absolute Gasteiger partial charge is 0.314 e. The van der Waals surface area contributed by atoms with Gasteiger partial charge in [0.1, 0.15) is 0 Å². The Balaban J connectivity index is 1.56. The van der Waals surface area contributed by atoms with Gasteiger partial charge in [0.25, 0.3) is 5.89 Å². The Morgan fingerprint density at radius 2 is 1.62 bits per heavy atom. The number of aromatic nitrogens is 2. The Morgan fingerprint density at radius 1 is 0.971 bits per heavy atom. The Labute approximate surface area is 198 Å². The van der Waals surface area contributed by atoms with Crippen molar-refractivity contribution in [1.82, 2.24) is 19.4 Å². The number of benzene rings is 2. The van der Waals surface area contributed by atoms with Crippen molar-refractivity contribution in [3.63, 3.8) is 0 Å². The zero-order valence-electron chi connectivity index (χ0n) is 19.0. The average Bonchev–Trinajstić information content (AvgIpc) is 3.34. The summed E-state index contributed by atoms with van der Waals surface area (Å²) in [6, 6.07) is 16.1. The number of anilines is 1. The minimum Gasteiger partial charge on any atom is -0.415 e. The van der Waals surface area contributed by atoms with E-state index in [0.29, 0.717) is 43.5 Å². The highest BCUT2D eigenvalue weighted by Gasteiger charge is 2.33. The van der Waals surface area contributed by atoms with E-state index in [4.69, 9.17) is 4.42 Å². The molecule has 8 nitrogen and oxygen atoms in total. The molecule has 0 saturated carbocycles. The van der Waals surface area contributed by atoms with Gasteiger partial charge in [-0.2, -0.15) is 21.5 Å². The van der Waals surface area contributed by atoms with Crippen molar-refractivity contribution in [2.45, 2.75) is 32.9 Å². The van der Waals surface area contributed by atoms with Crippen LogP contribution in [0.15, 0.2) is 59.0 Å². The van der Waals surface area contributed by atoms with Crippen LogP contribution in [0.25, 0.3) is 11.5 Å². The van der Waals surface area contributed by atoms with Crippen LogP contribution in [0.5, 0.6) is 0 Å². The van der Waals surface area contributed by atoms with E-state index in [0.717, 1.165) is 5.56 Å². The van der Waals surface area contributed by atoms with Crippen molar-refractivity contribution in [2.24, 2.45) is 0 Å². The minimum atomic E-state index is -3.78. The maximum atomic E-state index is 13.7. The van der Waals surface area contributed by atoms with Gasteiger partial charge in [0.2, 0.25) is 5.89 Å². The van der Waals surface area contributed by atoms with Crippen molar-refractivity contribution < 1.29 is 21.6 Å². The maximum absolute atomic E-state index is 13.7. The summed E-state index contributed by atoms with van der Waals surface area (Å²) in [6.45, 7) is 6.53. The second kappa shape index (κ2) is 10.2. The SMILES string of the molecule is CC(C)N1CCN(S(=O)(=O)N(Cc2ccc(-c3nnc(C(F)F)o3)cc2)c2ccccc2)CC1. The second-order valence-corrected chi connectivity index (χ2v) is 10.2. The zero-order valence-corrected chi connectivity index (χ0v) is 19.8. The first-order valence-electron chi connectivity index (χ1n) is 11.0. The van der Waals surface area contributed by atoms with Gasteiger partial charge in [0, 0.05) is 37.8 Å². The van der Waals surface area contributed by atoms with Gasteiger partial charge in [0.15, 0.2) is 0 Å². The monoisotopic (exact) mass is 491 g/mol. The standard InChI is InChI=1S/C23H27F2N5O3S/c1-17(2)28-12-14-29(15-13-28)34(31,32)30(20-6-4-3-5-7-20)16-18-8-10-19(11-9-18)22-26-27-23(33-22)21(24)25/h3-11,17,21H,12-16H2,1-2H3. The number of rotatable bonds is 8. The highest BCUT2D eigenvalue weighted by atomic mass is 32.2. The predicted octanol–water partition coefficient (Wildman–Crippen LogP) is 3.95. The molecule has 4 rings (SSSR count). The van der Waals surface area contributed by atoms with Crippen molar-refractivity contribution in [2.75, 3.05) is 30.5 Å². The molecule has 0 aliphatic carbocycles. The first-order chi connectivity index (χ1) is 16.3. The van der Waals surface area contributed by atoms with E-state index < -0.39 is 22.5 Å². The van der Waals surface area contributed by atoms with E-state index >= 15 is 0 Å². The van der Waals surface area contributed by atoms with Crippen LogP contribution in [0.2, 0.25) is 0 Å². The van der Waals surface area contributed by atoms with Crippen LogP contribution in [0.4, 0.5) is 14.5 Å². The summed E-state index contributed by atoms with van der Waals surface area (Å²) in [7, 11) is -3.78. The van der Waals surface area contributed by atoms with Crippen LogP contribution in [-0.4, -0.2) is 60.0 Å². The van der Waals surface area contributed by atoms with E-state index in [2.05, 4.69) is 28.9 Å². The predicted molar refractivity (Wildman–Crippen MR) is 125 cm³/mol. The fourth-order valence-corrected chi connectivity index (χ4v) is 5.45. The fourth-order valence-electron chi connectivity index (χ4n) is 3.85. The molecular formula is C23H27F2N5O3S. The van der Waals surface area contributed by atoms with E-state index in [1.807, 2.05) is 6.07 Å². The molecule has 182 valence electrons. The molecule has 0 bridgehead atoms. The first kappa shape index (κ1) is 24.2. The van der Waals surface area contributed by atoms with E-state index in [1.54, 1.807) is 48.5 Å².